The Morgan fingerprint density at radius 3 is 1.97 bits per heavy atom. The number of hydrogen-bond donors (Lipinski definition) is 1. The summed E-state index contributed by atoms with van der Waals surface area (Å²) in [5, 5.41) is 13.9. The number of ketones is 1. The highest BCUT2D eigenvalue weighted by Gasteiger charge is 2.79. The van der Waals surface area contributed by atoms with Crippen LogP contribution in [0, 0.1) is 16.7 Å². The molecule has 2 aromatic rings. The fourth-order valence-corrected chi connectivity index (χ4v) is 11.9. The van der Waals surface area contributed by atoms with Crippen molar-refractivity contribution in [2.24, 2.45) is 16.7 Å². The molecule has 0 spiro atoms. The number of halogens is 3. The van der Waals surface area contributed by atoms with Gasteiger partial charge < -0.3 is 38.3 Å². The van der Waals surface area contributed by atoms with E-state index >= 15 is 4.79 Å². The van der Waals surface area contributed by atoms with E-state index in [9.17, 15) is 50.7 Å². The molecule has 7 rings (SSSR count). The first-order chi connectivity index (χ1) is 32.6. The summed E-state index contributed by atoms with van der Waals surface area (Å²) in [7, 11) is -6.57. The Balaban J connectivity index is 1.47. The molecule has 2 heterocycles. The van der Waals surface area contributed by atoms with Gasteiger partial charge in [0.25, 0.3) is 0 Å². The monoisotopic (exact) mass is 1020 g/mol. The summed E-state index contributed by atoms with van der Waals surface area (Å²) < 4.78 is 116. The minimum Gasteiger partial charge on any atom is -0.456 e. The van der Waals surface area contributed by atoms with Crippen molar-refractivity contribution in [2.45, 2.75) is 160 Å². The van der Waals surface area contributed by atoms with E-state index in [0.29, 0.717) is 5.56 Å². The lowest BCUT2D eigenvalue weighted by molar-refractivity contribution is -0.344. The predicted molar refractivity (Wildman–Crippen MR) is 239 cm³/mol. The quantitative estimate of drug-likeness (QED) is 0.0969. The van der Waals surface area contributed by atoms with Crippen LogP contribution in [0.25, 0.3) is 0 Å². The first kappa shape index (κ1) is 53.4. The Hall–Kier alpha value is -5.42. The number of rotatable bonds is 9. The molecule has 2 aromatic carbocycles. The number of hydrogen-bond acceptors (Lipinski definition) is 17. The highest BCUT2D eigenvalue weighted by atomic mass is 32.2. The zero-order valence-corrected chi connectivity index (χ0v) is 41.8. The molecular weight excluding hydrogens is 964 g/mol. The van der Waals surface area contributed by atoms with Crippen LogP contribution < -0.4 is 0 Å². The molecule has 3 aliphatic carbocycles. The maximum absolute atomic E-state index is 15.9. The van der Waals surface area contributed by atoms with Crippen LogP contribution in [-0.2, 0) is 66.6 Å². The van der Waals surface area contributed by atoms with Gasteiger partial charge in [-0.05, 0) is 77.3 Å². The van der Waals surface area contributed by atoms with Gasteiger partial charge in [-0.1, -0.05) is 62.4 Å². The van der Waals surface area contributed by atoms with E-state index in [1.165, 1.54) is 63.8 Å². The highest BCUT2D eigenvalue weighted by Crippen LogP contribution is 2.65. The predicted octanol–water partition coefficient (Wildman–Crippen LogP) is 6.19. The Morgan fingerprint density at radius 1 is 0.859 bits per heavy atom. The van der Waals surface area contributed by atoms with Gasteiger partial charge in [0.05, 0.1) is 29.6 Å². The number of benzene rings is 2. The smallest absolute Gasteiger partial charge is 0.456 e. The first-order valence-corrected chi connectivity index (χ1v) is 24.2. The molecule has 5 aliphatic rings. The number of alkyl halides is 3. The van der Waals surface area contributed by atoms with Crippen LogP contribution in [0.1, 0.15) is 111 Å². The van der Waals surface area contributed by atoms with E-state index in [4.69, 9.17) is 37.3 Å². The first-order valence-electron chi connectivity index (χ1n) is 22.8. The maximum atomic E-state index is 15.9. The molecular formula is C49H58F3NO17S. The topological polar surface area (TPSA) is 234 Å². The van der Waals surface area contributed by atoms with Crippen molar-refractivity contribution in [3.63, 3.8) is 0 Å². The van der Waals surface area contributed by atoms with E-state index in [-0.39, 0.29) is 16.7 Å². The van der Waals surface area contributed by atoms with Crippen LogP contribution >= 0.6 is 0 Å². The average Bonchev–Trinajstić information content (AvgIpc) is 3.54. The van der Waals surface area contributed by atoms with Crippen molar-refractivity contribution in [1.29, 1.82) is 0 Å². The van der Waals surface area contributed by atoms with Crippen LogP contribution in [0.15, 0.2) is 71.8 Å². The van der Waals surface area contributed by atoms with Crippen LogP contribution in [0.3, 0.4) is 0 Å². The second-order valence-corrected chi connectivity index (χ2v) is 22.4. The zero-order valence-electron chi connectivity index (χ0n) is 41.0. The third kappa shape index (κ3) is 9.01. The molecule has 11 atom stereocenters. The van der Waals surface area contributed by atoms with E-state index in [2.05, 4.69) is 0 Å². The number of ether oxygens (including phenoxy) is 7. The van der Waals surface area contributed by atoms with Gasteiger partial charge in [-0.3, -0.25) is 23.5 Å². The van der Waals surface area contributed by atoms with E-state index in [1.54, 1.807) is 57.2 Å². The van der Waals surface area contributed by atoms with Crippen LogP contribution in [-0.4, -0.2) is 125 Å². The van der Waals surface area contributed by atoms with Crippen molar-refractivity contribution < 1.29 is 92.8 Å². The summed E-state index contributed by atoms with van der Waals surface area (Å²) in [5.74, 6) is -7.81. The zero-order chi connectivity index (χ0) is 52.8. The van der Waals surface area contributed by atoms with E-state index < -0.39 is 153 Å². The average molecular weight is 1020 g/mol. The number of aliphatic hydroxyl groups is 1. The Labute approximate surface area is 408 Å². The second-order valence-electron chi connectivity index (χ2n) is 20.8. The molecule has 1 amide bonds. The molecule has 1 unspecified atom stereocenters. The van der Waals surface area contributed by atoms with Gasteiger partial charge in [0.1, 0.15) is 41.3 Å². The molecule has 71 heavy (non-hydrogen) atoms. The fourth-order valence-electron chi connectivity index (χ4n) is 11.2. The van der Waals surface area contributed by atoms with Crippen LogP contribution in [0.2, 0.25) is 0 Å². The number of nitrogens with zero attached hydrogens (tertiary/aromatic N) is 1. The summed E-state index contributed by atoms with van der Waals surface area (Å²) in [6, 6.07) is 14.4. The van der Waals surface area contributed by atoms with Gasteiger partial charge in [0.2, 0.25) is 0 Å². The highest BCUT2D eigenvalue weighted by molar-refractivity contribution is 7.87. The molecule has 2 aliphatic heterocycles. The minimum atomic E-state index is -6.57. The summed E-state index contributed by atoms with van der Waals surface area (Å²) in [5.41, 5.74) is -18.1. The van der Waals surface area contributed by atoms with Crippen LogP contribution in [0.4, 0.5) is 18.0 Å². The van der Waals surface area contributed by atoms with Gasteiger partial charge in [-0.15, -0.1) is 0 Å². The number of Topliss-reactive ketones (excluding diaryl/α,β-unsaturated/α-hetero) is 1. The standard InChI is InChI=1S/C49H58F3NO17S/c1-25-30(65-41(58)36-34(28-18-14-12-15-19-28)53(45(9,10)68-36)42(59)69-43(4,5)6)23-48(60)39(66-40(57)29-20-16-13-17-21-29)37-46(11,38(56)35(64-26(2)54)33(25)44(48,7)8)31(70-71(61,62)49(50,51)52)22-32-47(37,24-63-32)67-27(3)55/h12-21,30-32,34-37,39,60H,22-24H2,1-11H3/t30-,31-,32+,34-,35+,36+,37?,39-,46+,47-,48+/m0/s1. The van der Waals surface area contributed by atoms with Gasteiger partial charge in [0, 0.05) is 32.1 Å². The lowest BCUT2D eigenvalue weighted by atomic mass is 9.44. The Kier molecular flexibility index (Phi) is 13.5. The van der Waals surface area contributed by atoms with E-state index in [1.807, 2.05) is 0 Å². The molecule has 0 radical (unpaired) electrons. The molecule has 22 heteroatoms. The lowest BCUT2D eigenvalue weighted by Crippen LogP contribution is -2.82. The third-order valence-electron chi connectivity index (χ3n) is 14.5. The Morgan fingerprint density at radius 2 is 1.45 bits per heavy atom. The van der Waals surface area contributed by atoms with E-state index in [0.717, 1.165) is 20.8 Å². The molecule has 2 bridgehead atoms. The summed E-state index contributed by atoms with van der Waals surface area (Å²) in [6.07, 6.45) is -14.1. The lowest BCUT2D eigenvalue weighted by Gasteiger charge is -2.67. The van der Waals surface area contributed by atoms with Crippen molar-refractivity contribution >= 4 is 45.9 Å². The Bertz CT molecular complexity index is 2630. The van der Waals surface area contributed by atoms with Crippen molar-refractivity contribution in [2.75, 3.05) is 6.61 Å². The van der Waals surface area contributed by atoms with Crippen molar-refractivity contribution in [3.8, 4) is 0 Å². The van der Waals surface area contributed by atoms with Gasteiger partial charge in [0.15, 0.2) is 23.6 Å². The normalized spacial score (nSPS) is 33.2. The molecule has 2 saturated carbocycles. The second kappa shape index (κ2) is 18.0. The molecule has 0 aromatic heterocycles. The number of esters is 4. The minimum absolute atomic E-state index is 0.0175. The maximum Gasteiger partial charge on any atom is 0.523 e. The van der Waals surface area contributed by atoms with Crippen molar-refractivity contribution in [3.05, 3.63) is 82.9 Å². The molecule has 1 N–H and O–H groups in total. The van der Waals surface area contributed by atoms with Gasteiger partial charge in [-0.25, -0.2) is 14.4 Å². The van der Waals surface area contributed by atoms with Crippen LogP contribution in [0.5, 0.6) is 0 Å². The van der Waals surface area contributed by atoms with Gasteiger partial charge >= 0.3 is 45.6 Å². The number of carbonyl (C=O) groups is 6. The SMILES string of the molecule is CC(=O)O[C@H]1C(=O)[C@@]2(C)C([C@H](OC(=O)c3ccccc3)[C@]3(O)C[C@H](OC(=O)[C@@H]4OC(C)(C)N(C(=O)OC(C)(C)C)[C@H]4c4ccccc4)C(C)=C1C3(C)C)[C@]1(OC(C)=O)CO[C@@H]1C[C@@H]2OS(=O)(=O)C(F)(F)F. The number of carbonyl (C=O) groups excluding carboxylic acids is 6. The number of amides is 1. The summed E-state index contributed by atoms with van der Waals surface area (Å²) >= 11 is 0. The molecule has 4 fully saturated rings. The largest absolute Gasteiger partial charge is 0.523 e. The fraction of sp³-hybridized carbons (Fsp3) is 0.592. The molecule has 18 nitrogen and oxygen atoms in total. The third-order valence-corrected chi connectivity index (χ3v) is 15.5. The summed E-state index contributed by atoms with van der Waals surface area (Å²) in [4.78, 5) is 87.1. The van der Waals surface area contributed by atoms with Gasteiger partial charge in [-0.2, -0.15) is 21.6 Å². The molecule has 388 valence electrons. The molecule has 2 saturated heterocycles. The summed E-state index contributed by atoms with van der Waals surface area (Å²) in [6.45, 7) is 14.5. The van der Waals surface area contributed by atoms with Crippen molar-refractivity contribution in [1.82, 2.24) is 4.90 Å². The number of fused-ring (bicyclic) bond motifs is 5.